The molecule has 1 atom stereocenters. The molecule has 1 aromatic heterocycles. The Morgan fingerprint density at radius 2 is 2.20 bits per heavy atom. The highest BCUT2D eigenvalue weighted by Crippen LogP contribution is 1.97. The molecule has 86 valence electrons. The Morgan fingerprint density at radius 3 is 2.73 bits per heavy atom. The third kappa shape index (κ3) is 3.60. The van der Waals surface area contributed by atoms with Crippen LogP contribution in [0.25, 0.3) is 0 Å². The highest BCUT2D eigenvalue weighted by molar-refractivity contribution is 4.92. The van der Waals surface area contributed by atoms with Crippen LogP contribution in [-0.2, 0) is 18.3 Å². The largest absolute Gasteiger partial charge is 0.380 e. The molecule has 0 spiro atoms. The van der Waals surface area contributed by atoms with Crippen molar-refractivity contribution in [2.24, 2.45) is 7.05 Å². The van der Waals surface area contributed by atoms with E-state index in [1.165, 1.54) is 0 Å². The van der Waals surface area contributed by atoms with Gasteiger partial charge in [0.2, 0.25) is 0 Å². The maximum absolute atomic E-state index is 5.31. The average Bonchev–Trinajstić information content (AvgIpc) is 2.54. The number of aryl methyl sites for hydroxylation is 1. The SMILES string of the molecule is CCOCC(C)NCc1nnc(C)n1C. The standard InChI is InChI=1S/C10H20N4O/c1-5-15-7-8(2)11-6-10-13-12-9(3)14(10)4/h8,11H,5-7H2,1-4H3. The van der Waals surface area contributed by atoms with Gasteiger partial charge >= 0.3 is 0 Å². The van der Waals surface area contributed by atoms with Gasteiger partial charge < -0.3 is 14.6 Å². The zero-order valence-electron chi connectivity index (χ0n) is 9.95. The Bertz CT molecular complexity index is 298. The predicted octanol–water partition coefficient (Wildman–Crippen LogP) is 0.638. The van der Waals surface area contributed by atoms with E-state index in [1.807, 2.05) is 25.5 Å². The van der Waals surface area contributed by atoms with E-state index in [0.29, 0.717) is 6.04 Å². The van der Waals surface area contributed by atoms with Crippen LogP contribution >= 0.6 is 0 Å². The molecule has 0 aliphatic carbocycles. The number of hydrogen-bond acceptors (Lipinski definition) is 4. The highest BCUT2D eigenvalue weighted by Gasteiger charge is 2.06. The summed E-state index contributed by atoms with van der Waals surface area (Å²) in [6.45, 7) is 8.26. The van der Waals surface area contributed by atoms with Crippen molar-refractivity contribution in [2.45, 2.75) is 33.4 Å². The molecule has 1 unspecified atom stereocenters. The molecule has 0 amide bonds. The molecule has 0 aromatic carbocycles. The quantitative estimate of drug-likeness (QED) is 0.752. The van der Waals surface area contributed by atoms with E-state index in [2.05, 4.69) is 22.4 Å². The van der Waals surface area contributed by atoms with Crippen LogP contribution in [0.2, 0.25) is 0 Å². The fourth-order valence-electron chi connectivity index (χ4n) is 1.22. The zero-order chi connectivity index (χ0) is 11.3. The smallest absolute Gasteiger partial charge is 0.146 e. The number of nitrogens with zero attached hydrogens (tertiary/aromatic N) is 3. The first-order chi connectivity index (χ1) is 7.15. The fourth-order valence-corrected chi connectivity index (χ4v) is 1.22. The second-order valence-corrected chi connectivity index (χ2v) is 3.66. The van der Waals surface area contributed by atoms with Crippen molar-refractivity contribution >= 4 is 0 Å². The molecule has 0 bridgehead atoms. The third-order valence-corrected chi connectivity index (χ3v) is 2.36. The Hall–Kier alpha value is -0.940. The van der Waals surface area contributed by atoms with Gasteiger partial charge in [0, 0.05) is 19.7 Å². The van der Waals surface area contributed by atoms with Gasteiger partial charge in [0.25, 0.3) is 0 Å². The minimum atomic E-state index is 0.335. The molecular weight excluding hydrogens is 192 g/mol. The molecule has 0 radical (unpaired) electrons. The summed E-state index contributed by atoms with van der Waals surface area (Å²) < 4.78 is 7.30. The van der Waals surface area contributed by atoms with Crippen molar-refractivity contribution in [3.63, 3.8) is 0 Å². The third-order valence-electron chi connectivity index (χ3n) is 2.36. The summed E-state index contributed by atoms with van der Waals surface area (Å²) in [7, 11) is 1.97. The number of aromatic nitrogens is 3. The summed E-state index contributed by atoms with van der Waals surface area (Å²) in [5, 5.41) is 11.4. The number of nitrogens with one attached hydrogen (secondary N) is 1. The average molecular weight is 212 g/mol. The molecule has 0 aliphatic heterocycles. The summed E-state index contributed by atoms with van der Waals surface area (Å²) >= 11 is 0. The molecule has 5 heteroatoms. The van der Waals surface area contributed by atoms with E-state index < -0.39 is 0 Å². The second-order valence-electron chi connectivity index (χ2n) is 3.66. The van der Waals surface area contributed by atoms with Crippen LogP contribution in [0.1, 0.15) is 25.5 Å². The predicted molar refractivity (Wildman–Crippen MR) is 58.5 cm³/mol. The van der Waals surface area contributed by atoms with Crippen LogP contribution < -0.4 is 5.32 Å². The molecule has 0 saturated heterocycles. The van der Waals surface area contributed by atoms with Gasteiger partial charge in [0.15, 0.2) is 0 Å². The molecule has 0 aliphatic rings. The van der Waals surface area contributed by atoms with Crippen LogP contribution in [0, 0.1) is 6.92 Å². The summed E-state index contributed by atoms with van der Waals surface area (Å²) in [4.78, 5) is 0. The van der Waals surface area contributed by atoms with Crippen LogP contribution in [0.5, 0.6) is 0 Å². The molecule has 0 fully saturated rings. The Labute approximate surface area is 90.8 Å². The minimum absolute atomic E-state index is 0.335. The normalized spacial score (nSPS) is 13.1. The van der Waals surface area contributed by atoms with Crippen molar-refractivity contribution in [3.8, 4) is 0 Å². The lowest BCUT2D eigenvalue weighted by Crippen LogP contribution is -2.31. The summed E-state index contributed by atoms with van der Waals surface area (Å²) in [5.41, 5.74) is 0. The lowest BCUT2D eigenvalue weighted by molar-refractivity contribution is 0.126. The molecule has 1 N–H and O–H groups in total. The maximum atomic E-state index is 5.31. The second kappa shape index (κ2) is 5.82. The van der Waals surface area contributed by atoms with Gasteiger partial charge in [-0.25, -0.2) is 0 Å². The molecule has 1 aromatic rings. The van der Waals surface area contributed by atoms with Gasteiger partial charge in [-0.1, -0.05) is 0 Å². The van der Waals surface area contributed by atoms with Crippen molar-refractivity contribution < 1.29 is 4.74 Å². The summed E-state index contributed by atoms with van der Waals surface area (Å²) in [6.07, 6.45) is 0. The Kier molecular flexibility index (Phi) is 4.71. The lowest BCUT2D eigenvalue weighted by Gasteiger charge is -2.12. The van der Waals surface area contributed by atoms with Crippen molar-refractivity contribution in [2.75, 3.05) is 13.2 Å². The first-order valence-corrected chi connectivity index (χ1v) is 5.31. The number of ether oxygens (including phenoxy) is 1. The Morgan fingerprint density at radius 1 is 1.47 bits per heavy atom. The summed E-state index contributed by atoms with van der Waals surface area (Å²) in [6, 6.07) is 0.335. The summed E-state index contributed by atoms with van der Waals surface area (Å²) in [5.74, 6) is 1.89. The number of rotatable bonds is 6. The lowest BCUT2D eigenvalue weighted by atomic mass is 10.3. The van der Waals surface area contributed by atoms with E-state index in [-0.39, 0.29) is 0 Å². The van der Waals surface area contributed by atoms with E-state index in [9.17, 15) is 0 Å². The van der Waals surface area contributed by atoms with Gasteiger partial charge in [-0.05, 0) is 20.8 Å². The fraction of sp³-hybridized carbons (Fsp3) is 0.800. The molecule has 0 saturated carbocycles. The Balaban J connectivity index is 2.33. The van der Waals surface area contributed by atoms with E-state index in [0.717, 1.165) is 31.4 Å². The van der Waals surface area contributed by atoms with Gasteiger partial charge in [0.05, 0.1) is 13.2 Å². The van der Waals surface area contributed by atoms with Gasteiger partial charge in [0.1, 0.15) is 11.6 Å². The van der Waals surface area contributed by atoms with Crippen LogP contribution in [0.4, 0.5) is 0 Å². The molecule has 1 rings (SSSR count). The monoisotopic (exact) mass is 212 g/mol. The van der Waals surface area contributed by atoms with Crippen molar-refractivity contribution in [3.05, 3.63) is 11.6 Å². The number of hydrogen-bond donors (Lipinski definition) is 1. The minimum Gasteiger partial charge on any atom is -0.380 e. The molecular formula is C10H20N4O. The van der Waals surface area contributed by atoms with Gasteiger partial charge in [-0.3, -0.25) is 0 Å². The van der Waals surface area contributed by atoms with Gasteiger partial charge in [-0.15, -0.1) is 10.2 Å². The topological polar surface area (TPSA) is 52.0 Å². The molecule has 5 nitrogen and oxygen atoms in total. The first-order valence-electron chi connectivity index (χ1n) is 5.31. The van der Waals surface area contributed by atoms with Crippen LogP contribution in [-0.4, -0.2) is 34.0 Å². The van der Waals surface area contributed by atoms with Crippen LogP contribution in [0.3, 0.4) is 0 Å². The maximum Gasteiger partial charge on any atom is 0.146 e. The van der Waals surface area contributed by atoms with E-state index >= 15 is 0 Å². The molecule has 15 heavy (non-hydrogen) atoms. The van der Waals surface area contributed by atoms with Crippen molar-refractivity contribution in [1.82, 2.24) is 20.1 Å². The molecule has 1 heterocycles. The van der Waals surface area contributed by atoms with E-state index in [4.69, 9.17) is 4.74 Å². The highest BCUT2D eigenvalue weighted by atomic mass is 16.5. The zero-order valence-corrected chi connectivity index (χ0v) is 9.95. The van der Waals surface area contributed by atoms with Crippen molar-refractivity contribution in [1.29, 1.82) is 0 Å². The van der Waals surface area contributed by atoms with Gasteiger partial charge in [-0.2, -0.15) is 0 Å². The first kappa shape index (κ1) is 12.1. The van der Waals surface area contributed by atoms with E-state index in [1.54, 1.807) is 0 Å². The van der Waals surface area contributed by atoms with Crippen LogP contribution in [0.15, 0.2) is 0 Å².